The maximum atomic E-state index is 10.0. The summed E-state index contributed by atoms with van der Waals surface area (Å²) in [5, 5.41) is 8.36. The normalized spacial score (nSPS) is 13.7. The van der Waals surface area contributed by atoms with Crippen LogP contribution in [0.15, 0.2) is 151 Å². The number of hydrogen-bond acceptors (Lipinski definition) is 6. The fourth-order valence-electron chi connectivity index (χ4n) is 8.18. The molecular formula is C51H43IrN4O2-. The molecular weight excluding hydrogens is 893 g/mol. The quantitative estimate of drug-likeness (QED) is 0.100. The van der Waals surface area contributed by atoms with Gasteiger partial charge in [-0.1, -0.05) is 125 Å². The maximum absolute atomic E-state index is 10.0. The van der Waals surface area contributed by atoms with Gasteiger partial charge in [-0.15, -0.1) is 35.4 Å². The van der Waals surface area contributed by atoms with Crippen molar-refractivity contribution in [1.29, 1.82) is 0 Å². The third-order valence-electron chi connectivity index (χ3n) is 10.9. The minimum atomic E-state index is -0.141. The van der Waals surface area contributed by atoms with Crippen LogP contribution >= 0.6 is 0 Å². The van der Waals surface area contributed by atoms with Gasteiger partial charge in [0, 0.05) is 48.4 Å². The molecule has 0 amide bonds. The first-order valence-electron chi connectivity index (χ1n) is 19.2. The van der Waals surface area contributed by atoms with E-state index in [4.69, 9.17) is 25.0 Å². The van der Waals surface area contributed by atoms with Crippen molar-refractivity contribution in [2.24, 2.45) is 0 Å². The van der Waals surface area contributed by atoms with E-state index in [2.05, 4.69) is 119 Å². The molecule has 0 bridgehead atoms. The molecule has 289 valence electrons. The number of aliphatic hydroxyl groups excluding tert-OH is 1. The van der Waals surface area contributed by atoms with Gasteiger partial charge in [-0.25, -0.2) is 9.97 Å². The average molecular weight is 936 g/mol. The van der Waals surface area contributed by atoms with Crippen LogP contribution in [-0.2, 0) is 35.7 Å². The zero-order valence-corrected chi connectivity index (χ0v) is 35.7. The maximum Gasteiger partial charge on any atom is 0.155 e. The minimum absolute atomic E-state index is 0. The number of aromatic nitrogens is 4. The van der Waals surface area contributed by atoms with E-state index in [9.17, 15) is 4.79 Å². The van der Waals surface area contributed by atoms with Crippen molar-refractivity contribution < 1.29 is 30.0 Å². The fraction of sp³-hybridized carbons (Fsp3) is 0.157. The van der Waals surface area contributed by atoms with E-state index >= 15 is 0 Å². The van der Waals surface area contributed by atoms with Crippen LogP contribution in [0.25, 0.3) is 67.1 Å². The second kappa shape index (κ2) is 16.0. The van der Waals surface area contributed by atoms with E-state index in [0.29, 0.717) is 0 Å². The molecule has 8 aromatic rings. The molecule has 0 unspecified atom stereocenters. The standard InChI is InChI=1S/C23H18N2.C23H17N2.C5H8O2.Ir/c2*1-23(2)17-11-5-3-9-15(17)21-22(16-10-4-6-12-18(16)23)25-20-14-8-7-13-19(20)24-21;1-4(6)3-5(2)7;/h3-14H,1-2H3;3-9,11-14H,1-2H3;3,6H,1-2H3;/q;-1;;. The predicted molar refractivity (Wildman–Crippen MR) is 231 cm³/mol. The van der Waals surface area contributed by atoms with Gasteiger partial charge in [-0.05, 0) is 65.8 Å². The van der Waals surface area contributed by atoms with Crippen LogP contribution < -0.4 is 0 Å². The van der Waals surface area contributed by atoms with Gasteiger partial charge in [0.25, 0.3) is 0 Å². The molecule has 6 aromatic carbocycles. The first-order valence-corrected chi connectivity index (χ1v) is 19.2. The molecule has 1 radical (unpaired) electrons. The first-order chi connectivity index (χ1) is 27.4. The first kappa shape index (κ1) is 40.1. The molecule has 2 heterocycles. The van der Waals surface area contributed by atoms with E-state index in [1.54, 1.807) is 0 Å². The number of ketones is 1. The topological polar surface area (TPSA) is 88.9 Å². The molecule has 0 fully saturated rings. The molecule has 58 heavy (non-hydrogen) atoms. The van der Waals surface area contributed by atoms with Crippen molar-refractivity contribution in [2.45, 2.75) is 52.4 Å². The third-order valence-corrected chi connectivity index (χ3v) is 10.9. The Morgan fingerprint density at radius 2 is 0.828 bits per heavy atom. The number of fused-ring (bicyclic) bond motifs is 12. The van der Waals surface area contributed by atoms with Gasteiger partial charge in [0.15, 0.2) is 5.78 Å². The van der Waals surface area contributed by atoms with Crippen LogP contribution in [0.5, 0.6) is 0 Å². The molecule has 2 aromatic heterocycles. The smallest absolute Gasteiger partial charge is 0.155 e. The van der Waals surface area contributed by atoms with Crippen molar-refractivity contribution in [3.63, 3.8) is 0 Å². The number of nitrogens with zero attached hydrogens (tertiary/aromatic N) is 4. The van der Waals surface area contributed by atoms with Crippen molar-refractivity contribution in [1.82, 2.24) is 19.9 Å². The van der Waals surface area contributed by atoms with Crippen LogP contribution in [0.3, 0.4) is 0 Å². The summed E-state index contributed by atoms with van der Waals surface area (Å²) in [4.78, 5) is 30.0. The molecule has 0 saturated heterocycles. The number of carbonyl (C=O) groups excluding carboxylic acids is 1. The Hall–Kier alpha value is -6.14. The molecule has 2 aliphatic carbocycles. The van der Waals surface area contributed by atoms with Crippen LogP contribution in [0, 0.1) is 6.07 Å². The molecule has 0 aliphatic heterocycles. The molecule has 0 saturated carbocycles. The summed E-state index contributed by atoms with van der Waals surface area (Å²) in [5.74, 6) is -0.0625. The zero-order valence-electron chi connectivity index (χ0n) is 33.3. The number of aliphatic hydroxyl groups is 1. The number of benzene rings is 6. The zero-order chi connectivity index (χ0) is 39.9. The summed E-state index contributed by atoms with van der Waals surface area (Å²) in [5.41, 5.74) is 17.0. The summed E-state index contributed by atoms with van der Waals surface area (Å²) in [6.45, 7) is 12.0. The summed E-state index contributed by atoms with van der Waals surface area (Å²) >= 11 is 0. The van der Waals surface area contributed by atoms with Crippen molar-refractivity contribution in [3.8, 4) is 45.0 Å². The van der Waals surface area contributed by atoms with E-state index in [1.807, 2.05) is 54.6 Å². The van der Waals surface area contributed by atoms with Crippen LogP contribution in [0.1, 0.15) is 63.8 Å². The number of carbonyl (C=O) groups is 1. The Morgan fingerprint density at radius 3 is 1.21 bits per heavy atom. The van der Waals surface area contributed by atoms with Crippen molar-refractivity contribution in [2.75, 3.05) is 0 Å². The van der Waals surface area contributed by atoms with Crippen LogP contribution in [-0.4, -0.2) is 30.8 Å². The second-order valence-corrected chi connectivity index (χ2v) is 15.6. The Kier molecular flexibility index (Phi) is 11.1. The van der Waals surface area contributed by atoms with Gasteiger partial charge < -0.3 is 5.11 Å². The molecule has 6 nitrogen and oxygen atoms in total. The summed E-state index contributed by atoms with van der Waals surface area (Å²) < 4.78 is 0. The monoisotopic (exact) mass is 936 g/mol. The molecule has 7 heteroatoms. The Bertz CT molecular complexity index is 2520. The van der Waals surface area contributed by atoms with Gasteiger partial charge in [0.2, 0.25) is 0 Å². The third kappa shape index (κ3) is 7.28. The fourth-order valence-corrected chi connectivity index (χ4v) is 8.18. The number of hydrogen-bond donors (Lipinski definition) is 1. The molecule has 10 rings (SSSR count). The van der Waals surface area contributed by atoms with E-state index in [-0.39, 0.29) is 42.5 Å². The van der Waals surface area contributed by atoms with Crippen molar-refractivity contribution >= 4 is 27.9 Å². The predicted octanol–water partition coefficient (Wildman–Crippen LogP) is 12.0. The Balaban J connectivity index is 0.000000150. The summed E-state index contributed by atoms with van der Waals surface area (Å²) in [6, 6.07) is 51.6. The number of para-hydroxylation sites is 4. The van der Waals surface area contributed by atoms with Gasteiger partial charge in [0.05, 0.1) is 44.9 Å². The summed E-state index contributed by atoms with van der Waals surface area (Å²) in [6.07, 6.45) is 1.17. The van der Waals surface area contributed by atoms with Gasteiger partial charge in [0.1, 0.15) is 0 Å². The Morgan fingerprint density at radius 1 is 0.500 bits per heavy atom. The van der Waals surface area contributed by atoms with E-state index < -0.39 is 0 Å². The summed E-state index contributed by atoms with van der Waals surface area (Å²) in [7, 11) is 0. The molecule has 1 N–H and O–H groups in total. The molecule has 0 atom stereocenters. The minimum Gasteiger partial charge on any atom is -0.512 e. The van der Waals surface area contributed by atoms with E-state index in [1.165, 1.54) is 53.3 Å². The Labute approximate surface area is 353 Å². The molecule has 2 aliphatic rings. The number of allylic oxidation sites excluding steroid dienone is 2. The average Bonchev–Trinajstić information content (AvgIpc) is 3.35. The van der Waals surface area contributed by atoms with Gasteiger partial charge >= 0.3 is 0 Å². The number of rotatable bonds is 1. The van der Waals surface area contributed by atoms with Crippen molar-refractivity contribution in [3.05, 3.63) is 180 Å². The van der Waals surface area contributed by atoms with E-state index in [0.717, 1.165) is 56.0 Å². The van der Waals surface area contributed by atoms with Gasteiger partial charge in [-0.2, -0.15) is 0 Å². The SMILES string of the molecule is CC(=O)C=C(C)O.CC1(C)c2ccc[c-]c2-c2nc3ccccc3nc2-c2ccccc21.CC1(C)c2ccccc2-c2nc3ccccc3nc2-c2ccccc21.[Ir]. The molecule has 0 spiro atoms. The second-order valence-electron chi connectivity index (χ2n) is 15.6. The largest absolute Gasteiger partial charge is 0.512 e. The van der Waals surface area contributed by atoms with Gasteiger partial charge in [-0.3, -0.25) is 14.8 Å². The van der Waals surface area contributed by atoms with Crippen LogP contribution in [0.4, 0.5) is 0 Å². The van der Waals surface area contributed by atoms with Crippen LogP contribution in [0.2, 0.25) is 0 Å².